The number of hydrazone groups is 1. The summed E-state index contributed by atoms with van der Waals surface area (Å²) < 4.78 is 0. The number of carbonyl (C=O) groups excluding carboxylic acids is 2. The number of guanidine groups is 1. The zero-order valence-corrected chi connectivity index (χ0v) is 17.2. The Morgan fingerprint density at radius 2 is 1.40 bits per heavy atom. The van der Waals surface area contributed by atoms with Gasteiger partial charge in [0.15, 0.2) is 0 Å². The molecule has 30 heavy (non-hydrogen) atoms. The van der Waals surface area contributed by atoms with Gasteiger partial charge in [-0.3, -0.25) is 20.3 Å². The third kappa shape index (κ3) is 5.76. The number of hydrogen-bond acceptors (Lipinski definition) is 4. The highest BCUT2D eigenvalue weighted by molar-refractivity contribution is 6.33. The van der Waals surface area contributed by atoms with E-state index in [0.717, 1.165) is 5.01 Å². The maximum atomic E-state index is 12.9. The summed E-state index contributed by atoms with van der Waals surface area (Å²) >= 11 is 6.13. The number of benzene rings is 3. The number of hydrogen-bond donors (Lipinski definition) is 2. The molecule has 3 aromatic rings. The molecule has 0 radical (unpaired) electrons. The second kappa shape index (κ2) is 10.9. The summed E-state index contributed by atoms with van der Waals surface area (Å²) in [6.07, 6.45) is 1.37. The van der Waals surface area contributed by atoms with Crippen molar-refractivity contribution in [3.8, 4) is 0 Å². The highest BCUT2D eigenvalue weighted by Gasteiger charge is 2.21. The molecule has 0 aliphatic carbocycles. The Bertz CT molecular complexity index is 1060. The van der Waals surface area contributed by atoms with Crippen LogP contribution in [0, 0.1) is 5.41 Å². The van der Waals surface area contributed by atoms with Crippen LogP contribution in [0.15, 0.2) is 90.0 Å². The molecule has 3 aromatic carbocycles. The average Bonchev–Trinajstić information content (AvgIpc) is 2.76. The lowest BCUT2D eigenvalue weighted by molar-refractivity contribution is 0.0842. The van der Waals surface area contributed by atoms with Gasteiger partial charge in [-0.2, -0.15) is 10.1 Å². The molecule has 2 N–H and O–H groups in total. The Hall–Kier alpha value is -3.48. The van der Waals surface area contributed by atoms with Gasteiger partial charge >= 0.3 is 0 Å². The predicted octanol–water partition coefficient (Wildman–Crippen LogP) is 4.60. The molecule has 6 nitrogen and oxygen atoms in total. The molecule has 0 atom stereocenters. The maximum Gasteiger partial charge on any atom is 0.281 e. The van der Waals surface area contributed by atoms with Gasteiger partial charge in [0.1, 0.15) is 0 Å². The van der Waals surface area contributed by atoms with Crippen LogP contribution in [-0.4, -0.2) is 29.0 Å². The number of nitrogens with zero attached hydrogens (tertiary/aromatic N) is 2. The van der Waals surface area contributed by atoms with E-state index in [1.54, 1.807) is 84.9 Å². The fraction of sp³-hybridized carbons (Fsp3) is 0. The number of halogens is 2. The van der Waals surface area contributed by atoms with Crippen LogP contribution in [-0.2, 0) is 0 Å². The first-order chi connectivity index (χ1) is 14.1. The van der Waals surface area contributed by atoms with E-state index in [2.05, 4.69) is 10.4 Å². The molecule has 0 saturated heterocycles. The van der Waals surface area contributed by atoms with Gasteiger partial charge in [0.05, 0.1) is 6.21 Å². The lowest BCUT2D eigenvalue weighted by Crippen LogP contribution is -2.44. The topological polar surface area (TPSA) is 85.6 Å². The first kappa shape index (κ1) is 22.8. The molecule has 0 spiro atoms. The quantitative estimate of drug-likeness (QED) is 0.352. The summed E-state index contributed by atoms with van der Waals surface area (Å²) in [6.45, 7) is 0. The SMILES string of the molecule is Cl.N=C(NC(=O)c1ccccc1)N(N=Cc1ccccc1Cl)C(=O)c1ccccc1. The summed E-state index contributed by atoms with van der Waals surface area (Å²) in [5.74, 6) is -1.56. The largest absolute Gasteiger partial charge is 0.291 e. The van der Waals surface area contributed by atoms with Gasteiger partial charge in [-0.1, -0.05) is 66.2 Å². The van der Waals surface area contributed by atoms with E-state index in [9.17, 15) is 9.59 Å². The lowest BCUT2D eigenvalue weighted by Gasteiger charge is -2.18. The van der Waals surface area contributed by atoms with Crippen molar-refractivity contribution in [2.75, 3.05) is 0 Å². The summed E-state index contributed by atoms with van der Waals surface area (Å²) in [4.78, 5) is 25.3. The van der Waals surface area contributed by atoms with E-state index < -0.39 is 17.8 Å². The molecule has 0 fully saturated rings. The second-order valence-corrected chi connectivity index (χ2v) is 6.33. The van der Waals surface area contributed by atoms with Gasteiger partial charge in [0.2, 0.25) is 5.96 Å². The summed E-state index contributed by atoms with van der Waals surface area (Å²) in [5.41, 5.74) is 1.25. The standard InChI is InChI=1S/C22H17ClN4O2.ClH/c23-19-14-8-7-13-18(19)15-25-27(21(29)17-11-5-2-6-12-17)22(24)26-20(28)16-9-3-1-4-10-16;/h1-15H,(H2,24,26,28);1H. The van der Waals surface area contributed by atoms with Crippen molar-refractivity contribution >= 4 is 48.0 Å². The van der Waals surface area contributed by atoms with Crippen molar-refractivity contribution in [1.29, 1.82) is 5.41 Å². The Morgan fingerprint density at radius 3 is 2.00 bits per heavy atom. The van der Waals surface area contributed by atoms with Crippen LogP contribution in [0.5, 0.6) is 0 Å². The molecule has 0 heterocycles. The van der Waals surface area contributed by atoms with Crippen molar-refractivity contribution in [2.24, 2.45) is 5.10 Å². The molecule has 0 bridgehead atoms. The molecular formula is C22H18Cl2N4O2. The Balaban J connectivity index is 0.00000320. The molecule has 2 amide bonds. The molecule has 8 heteroatoms. The molecule has 152 valence electrons. The maximum absolute atomic E-state index is 12.9. The smallest absolute Gasteiger partial charge is 0.281 e. The third-order valence-corrected chi connectivity index (χ3v) is 4.25. The van der Waals surface area contributed by atoms with E-state index in [-0.39, 0.29) is 12.4 Å². The van der Waals surface area contributed by atoms with Crippen LogP contribution in [0.2, 0.25) is 5.02 Å². The number of nitrogens with one attached hydrogen (secondary N) is 2. The number of rotatable bonds is 4. The zero-order valence-electron chi connectivity index (χ0n) is 15.7. The zero-order chi connectivity index (χ0) is 20.6. The van der Waals surface area contributed by atoms with E-state index in [0.29, 0.717) is 21.7 Å². The minimum Gasteiger partial charge on any atom is -0.291 e. The average molecular weight is 441 g/mol. The van der Waals surface area contributed by atoms with Crippen molar-refractivity contribution in [2.45, 2.75) is 0 Å². The fourth-order valence-electron chi connectivity index (χ4n) is 2.44. The van der Waals surface area contributed by atoms with Crippen LogP contribution in [0.1, 0.15) is 26.3 Å². The first-order valence-electron chi connectivity index (χ1n) is 8.69. The summed E-state index contributed by atoms with van der Waals surface area (Å²) in [6, 6.07) is 23.8. The van der Waals surface area contributed by atoms with Gasteiger partial charge in [-0.25, -0.2) is 0 Å². The van der Waals surface area contributed by atoms with Gasteiger partial charge in [-0.15, -0.1) is 12.4 Å². The van der Waals surface area contributed by atoms with Crippen molar-refractivity contribution in [3.63, 3.8) is 0 Å². The minimum atomic E-state index is -0.563. The van der Waals surface area contributed by atoms with Crippen LogP contribution < -0.4 is 5.32 Å². The van der Waals surface area contributed by atoms with E-state index in [1.807, 2.05) is 0 Å². The van der Waals surface area contributed by atoms with Crippen LogP contribution in [0.3, 0.4) is 0 Å². The van der Waals surface area contributed by atoms with Gasteiger partial charge in [0, 0.05) is 21.7 Å². The highest BCUT2D eigenvalue weighted by Crippen LogP contribution is 2.13. The van der Waals surface area contributed by atoms with Crippen molar-refractivity contribution < 1.29 is 9.59 Å². The van der Waals surface area contributed by atoms with Crippen molar-refractivity contribution in [3.05, 3.63) is 107 Å². The van der Waals surface area contributed by atoms with Crippen molar-refractivity contribution in [1.82, 2.24) is 10.3 Å². The van der Waals surface area contributed by atoms with E-state index >= 15 is 0 Å². The Labute approximate surface area is 185 Å². The Morgan fingerprint density at radius 1 is 0.867 bits per heavy atom. The normalized spacial score (nSPS) is 10.2. The molecule has 0 aromatic heterocycles. The van der Waals surface area contributed by atoms with Crippen LogP contribution >= 0.6 is 24.0 Å². The monoisotopic (exact) mass is 440 g/mol. The molecule has 3 rings (SSSR count). The third-order valence-electron chi connectivity index (χ3n) is 3.91. The second-order valence-electron chi connectivity index (χ2n) is 5.92. The van der Waals surface area contributed by atoms with Gasteiger partial charge < -0.3 is 0 Å². The van der Waals surface area contributed by atoms with E-state index in [1.165, 1.54) is 6.21 Å². The summed E-state index contributed by atoms with van der Waals surface area (Å²) in [5, 5.41) is 16.0. The van der Waals surface area contributed by atoms with Gasteiger partial charge in [-0.05, 0) is 30.3 Å². The Kier molecular flexibility index (Phi) is 8.29. The van der Waals surface area contributed by atoms with Crippen LogP contribution in [0.25, 0.3) is 0 Å². The van der Waals surface area contributed by atoms with Gasteiger partial charge in [0.25, 0.3) is 11.8 Å². The fourth-order valence-corrected chi connectivity index (χ4v) is 2.62. The molecule has 0 aliphatic heterocycles. The molecule has 0 unspecified atom stereocenters. The highest BCUT2D eigenvalue weighted by atomic mass is 35.5. The number of amides is 2. The summed E-state index contributed by atoms with van der Waals surface area (Å²) in [7, 11) is 0. The van der Waals surface area contributed by atoms with Crippen LogP contribution in [0.4, 0.5) is 0 Å². The lowest BCUT2D eigenvalue weighted by atomic mass is 10.2. The predicted molar refractivity (Wildman–Crippen MR) is 121 cm³/mol. The molecule has 0 saturated carbocycles. The minimum absolute atomic E-state index is 0. The van der Waals surface area contributed by atoms with E-state index in [4.69, 9.17) is 17.0 Å². The molecule has 0 aliphatic rings. The first-order valence-corrected chi connectivity index (χ1v) is 9.07. The molecular weight excluding hydrogens is 423 g/mol. The number of carbonyl (C=O) groups is 2.